The second-order valence-corrected chi connectivity index (χ2v) is 5.48. The van der Waals surface area contributed by atoms with Crippen molar-refractivity contribution >= 4 is 5.97 Å². The molecule has 0 unspecified atom stereocenters. The summed E-state index contributed by atoms with van der Waals surface area (Å²) in [6, 6.07) is 10.3. The summed E-state index contributed by atoms with van der Waals surface area (Å²) in [6.07, 6.45) is 8.41. The van der Waals surface area contributed by atoms with Crippen LogP contribution in [-0.2, 0) is 10.2 Å². The van der Waals surface area contributed by atoms with E-state index in [1.165, 1.54) is 24.8 Å². The van der Waals surface area contributed by atoms with Gasteiger partial charge < -0.3 is 5.11 Å². The van der Waals surface area contributed by atoms with Gasteiger partial charge in [0, 0.05) is 5.41 Å². The molecule has 0 atom stereocenters. The number of hydrogen-bond acceptors (Lipinski definition) is 1. The highest BCUT2D eigenvalue weighted by atomic mass is 16.4. The fourth-order valence-electron chi connectivity index (χ4n) is 3.23. The lowest BCUT2D eigenvalue weighted by molar-refractivity contribution is -0.138. The highest BCUT2D eigenvalue weighted by molar-refractivity contribution is 5.69. The van der Waals surface area contributed by atoms with Crippen molar-refractivity contribution in [3.05, 3.63) is 35.9 Å². The van der Waals surface area contributed by atoms with E-state index in [-0.39, 0.29) is 11.8 Å². The molecule has 98 valence electrons. The Morgan fingerprint density at radius 1 is 1.00 bits per heavy atom. The molecular weight excluding hydrogens is 224 g/mol. The first-order chi connectivity index (χ1) is 8.73. The first kappa shape index (κ1) is 13.1. The fourth-order valence-corrected chi connectivity index (χ4v) is 3.23. The topological polar surface area (TPSA) is 37.3 Å². The third kappa shape index (κ3) is 3.12. The maximum Gasteiger partial charge on any atom is 0.304 e. The molecule has 1 N–H and O–H groups in total. The molecule has 1 fully saturated rings. The number of carbonyl (C=O) groups is 1. The third-order valence-electron chi connectivity index (χ3n) is 4.19. The van der Waals surface area contributed by atoms with Crippen LogP contribution in [0.3, 0.4) is 0 Å². The van der Waals surface area contributed by atoms with Gasteiger partial charge in [-0.25, -0.2) is 0 Å². The molecule has 1 saturated carbocycles. The van der Waals surface area contributed by atoms with Crippen LogP contribution < -0.4 is 0 Å². The molecule has 0 spiro atoms. The van der Waals surface area contributed by atoms with Crippen LogP contribution in [-0.4, -0.2) is 11.1 Å². The van der Waals surface area contributed by atoms with Crippen molar-refractivity contribution in [1.29, 1.82) is 0 Å². The van der Waals surface area contributed by atoms with Gasteiger partial charge in [-0.3, -0.25) is 4.79 Å². The molecule has 1 aliphatic carbocycles. The Hall–Kier alpha value is -1.31. The third-order valence-corrected chi connectivity index (χ3v) is 4.19. The molecule has 1 aromatic carbocycles. The van der Waals surface area contributed by atoms with E-state index in [1.54, 1.807) is 0 Å². The Balaban J connectivity index is 2.28. The van der Waals surface area contributed by atoms with Gasteiger partial charge in [0.2, 0.25) is 0 Å². The van der Waals surface area contributed by atoms with Crippen molar-refractivity contribution < 1.29 is 9.90 Å². The summed E-state index contributed by atoms with van der Waals surface area (Å²) >= 11 is 0. The normalized spacial score (nSPS) is 19.8. The largest absolute Gasteiger partial charge is 0.481 e. The van der Waals surface area contributed by atoms with Crippen molar-refractivity contribution in [2.24, 2.45) is 0 Å². The van der Waals surface area contributed by atoms with Gasteiger partial charge in [0.25, 0.3) is 0 Å². The molecule has 2 nitrogen and oxygen atoms in total. The first-order valence-electron chi connectivity index (χ1n) is 7.00. The fraction of sp³-hybridized carbons (Fsp3) is 0.562. The molecule has 0 amide bonds. The number of rotatable bonds is 3. The zero-order valence-electron chi connectivity index (χ0n) is 10.9. The summed E-state index contributed by atoms with van der Waals surface area (Å²) in [7, 11) is 0. The van der Waals surface area contributed by atoms with E-state index in [1.807, 2.05) is 18.2 Å². The van der Waals surface area contributed by atoms with Gasteiger partial charge in [0.15, 0.2) is 0 Å². The van der Waals surface area contributed by atoms with E-state index in [4.69, 9.17) is 0 Å². The lowest BCUT2D eigenvalue weighted by Crippen LogP contribution is -2.30. The lowest BCUT2D eigenvalue weighted by atomic mass is 9.69. The predicted octanol–water partition coefficient (Wildman–Crippen LogP) is 4.14. The summed E-state index contributed by atoms with van der Waals surface area (Å²) in [6.45, 7) is 0. The van der Waals surface area contributed by atoms with Gasteiger partial charge in [-0.1, -0.05) is 62.4 Å². The zero-order chi connectivity index (χ0) is 12.8. The smallest absolute Gasteiger partial charge is 0.304 e. The summed E-state index contributed by atoms with van der Waals surface area (Å²) in [5, 5.41) is 9.25. The second-order valence-electron chi connectivity index (χ2n) is 5.48. The van der Waals surface area contributed by atoms with E-state index < -0.39 is 5.97 Å². The van der Waals surface area contributed by atoms with Crippen molar-refractivity contribution in [2.75, 3.05) is 0 Å². The van der Waals surface area contributed by atoms with Crippen LogP contribution in [0.2, 0.25) is 0 Å². The minimum atomic E-state index is -0.667. The van der Waals surface area contributed by atoms with E-state index in [9.17, 15) is 9.90 Å². The molecule has 0 aliphatic heterocycles. The Morgan fingerprint density at radius 3 is 2.11 bits per heavy atom. The Labute approximate surface area is 109 Å². The van der Waals surface area contributed by atoms with E-state index in [0.29, 0.717) is 0 Å². The Kier molecular flexibility index (Phi) is 4.40. The molecule has 0 radical (unpaired) electrons. The minimum Gasteiger partial charge on any atom is -0.481 e. The van der Waals surface area contributed by atoms with Crippen molar-refractivity contribution in [2.45, 2.75) is 56.8 Å². The Morgan fingerprint density at radius 2 is 1.56 bits per heavy atom. The van der Waals surface area contributed by atoms with Gasteiger partial charge in [-0.2, -0.15) is 0 Å². The maximum atomic E-state index is 11.2. The lowest BCUT2D eigenvalue weighted by Gasteiger charge is -2.35. The molecule has 18 heavy (non-hydrogen) atoms. The zero-order valence-corrected chi connectivity index (χ0v) is 10.9. The molecule has 1 aromatic rings. The predicted molar refractivity (Wildman–Crippen MR) is 72.7 cm³/mol. The number of carboxylic acid groups (broad SMARTS) is 1. The van der Waals surface area contributed by atoms with E-state index in [2.05, 4.69) is 12.1 Å². The van der Waals surface area contributed by atoms with E-state index >= 15 is 0 Å². The van der Waals surface area contributed by atoms with Crippen molar-refractivity contribution in [3.63, 3.8) is 0 Å². The van der Waals surface area contributed by atoms with Gasteiger partial charge in [0.1, 0.15) is 0 Å². The van der Waals surface area contributed by atoms with Gasteiger partial charge in [0.05, 0.1) is 6.42 Å². The summed E-state index contributed by atoms with van der Waals surface area (Å²) in [4.78, 5) is 11.2. The van der Waals surface area contributed by atoms with Crippen LogP contribution in [0.5, 0.6) is 0 Å². The molecule has 0 bridgehead atoms. The number of benzene rings is 1. The van der Waals surface area contributed by atoms with Crippen LogP contribution in [0.25, 0.3) is 0 Å². The maximum absolute atomic E-state index is 11.2. The van der Waals surface area contributed by atoms with Crippen molar-refractivity contribution in [1.82, 2.24) is 0 Å². The highest BCUT2D eigenvalue weighted by Gasteiger charge is 2.34. The van der Waals surface area contributed by atoms with Gasteiger partial charge in [-0.05, 0) is 18.4 Å². The monoisotopic (exact) mass is 246 g/mol. The first-order valence-corrected chi connectivity index (χ1v) is 7.00. The molecule has 2 rings (SSSR count). The SMILES string of the molecule is O=C(O)CC1(c2ccccc2)CCCCCCC1. The van der Waals surface area contributed by atoms with Gasteiger partial charge >= 0.3 is 5.97 Å². The van der Waals surface area contributed by atoms with Crippen LogP contribution >= 0.6 is 0 Å². The summed E-state index contributed by atoms with van der Waals surface area (Å²) in [5.74, 6) is -0.667. The summed E-state index contributed by atoms with van der Waals surface area (Å²) in [5.41, 5.74) is 1.09. The van der Waals surface area contributed by atoms with Crippen LogP contribution in [0.1, 0.15) is 56.9 Å². The Bertz CT molecular complexity index is 375. The number of hydrogen-bond donors (Lipinski definition) is 1. The molecule has 1 aliphatic rings. The molecule has 0 heterocycles. The number of carboxylic acids is 1. The molecule has 2 heteroatoms. The number of aliphatic carboxylic acids is 1. The van der Waals surface area contributed by atoms with Crippen LogP contribution in [0, 0.1) is 0 Å². The average molecular weight is 246 g/mol. The quantitative estimate of drug-likeness (QED) is 0.870. The van der Waals surface area contributed by atoms with Crippen LogP contribution in [0.15, 0.2) is 30.3 Å². The molecule has 0 aromatic heterocycles. The highest BCUT2D eigenvalue weighted by Crippen LogP contribution is 2.40. The van der Waals surface area contributed by atoms with Crippen molar-refractivity contribution in [3.8, 4) is 0 Å². The average Bonchev–Trinajstić information content (AvgIpc) is 2.33. The standard InChI is InChI=1S/C16H22O2/c17-15(18)13-16(14-9-5-4-6-10-14)11-7-2-1-3-8-12-16/h4-6,9-10H,1-3,7-8,11-13H2,(H,17,18). The molecule has 0 saturated heterocycles. The van der Waals surface area contributed by atoms with Crippen LogP contribution in [0.4, 0.5) is 0 Å². The van der Waals surface area contributed by atoms with E-state index in [0.717, 1.165) is 25.7 Å². The minimum absolute atomic E-state index is 0.131. The van der Waals surface area contributed by atoms with Gasteiger partial charge in [-0.15, -0.1) is 0 Å². The second kappa shape index (κ2) is 6.03. The summed E-state index contributed by atoms with van der Waals surface area (Å²) < 4.78 is 0. The molecular formula is C16H22O2.